The predicted octanol–water partition coefficient (Wildman–Crippen LogP) is 2.03. The van der Waals surface area contributed by atoms with E-state index in [-0.39, 0.29) is 17.9 Å². The Hall–Kier alpha value is -2.83. The molecule has 2 heterocycles. The first-order valence-electron chi connectivity index (χ1n) is 8.24. The van der Waals surface area contributed by atoms with Gasteiger partial charge in [0.15, 0.2) is 5.69 Å². The first kappa shape index (κ1) is 17.0. The normalized spacial score (nSPS) is 15.0. The zero-order valence-electron chi connectivity index (χ0n) is 14.3. The molecular weight excluding hydrogens is 322 g/mol. The van der Waals surface area contributed by atoms with Gasteiger partial charge in [-0.2, -0.15) is 0 Å². The van der Waals surface area contributed by atoms with E-state index in [1.54, 1.807) is 49.3 Å². The number of hydrogen-bond donors (Lipinski definition) is 1. The molecule has 1 fully saturated rings. The van der Waals surface area contributed by atoms with Crippen LogP contribution in [-0.4, -0.2) is 48.1 Å². The van der Waals surface area contributed by atoms with Crippen molar-refractivity contribution in [2.45, 2.75) is 25.8 Å². The fraction of sp³-hybridized carbons (Fsp3) is 0.389. The van der Waals surface area contributed by atoms with Gasteiger partial charge in [0, 0.05) is 30.8 Å². The van der Waals surface area contributed by atoms with Crippen LogP contribution in [0.1, 0.15) is 39.4 Å². The number of amides is 2. The Bertz CT molecular complexity index is 763. The van der Waals surface area contributed by atoms with E-state index in [1.165, 1.54) is 0 Å². The molecule has 3 rings (SSSR count). The molecule has 1 aromatic carbocycles. The highest BCUT2D eigenvalue weighted by Gasteiger charge is 2.26. The molecule has 7 heteroatoms. The van der Waals surface area contributed by atoms with Gasteiger partial charge in [-0.05, 0) is 38.0 Å². The Morgan fingerprint density at radius 2 is 2.04 bits per heavy atom. The molecule has 0 saturated carbocycles. The number of benzene rings is 1. The van der Waals surface area contributed by atoms with E-state index >= 15 is 0 Å². The summed E-state index contributed by atoms with van der Waals surface area (Å²) in [6.45, 7) is 2.91. The van der Waals surface area contributed by atoms with Crippen molar-refractivity contribution in [3.8, 4) is 5.75 Å². The molecule has 0 radical (unpaired) electrons. The molecule has 1 saturated heterocycles. The van der Waals surface area contributed by atoms with Gasteiger partial charge in [0.1, 0.15) is 11.5 Å². The molecule has 0 unspecified atom stereocenters. The Labute approximate surface area is 145 Å². The summed E-state index contributed by atoms with van der Waals surface area (Å²) in [5.41, 5.74) is 0.896. The smallest absolute Gasteiger partial charge is 0.276 e. The van der Waals surface area contributed by atoms with E-state index in [4.69, 9.17) is 9.26 Å². The number of ether oxygens (including phenoxy) is 1. The standard InChI is InChI=1S/C18H21N3O4/c1-12-10-16(20-25-12)18(23)21-8-6-14(7-9-21)19-17(22)13-4-3-5-15(11-13)24-2/h3-5,10-11,14H,6-9H2,1-2H3,(H,19,22). The highest BCUT2D eigenvalue weighted by atomic mass is 16.5. The van der Waals surface area contributed by atoms with Gasteiger partial charge in [-0.3, -0.25) is 9.59 Å². The van der Waals surface area contributed by atoms with Crippen LogP contribution in [-0.2, 0) is 0 Å². The summed E-state index contributed by atoms with van der Waals surface area (Å²) in [5, 5.41) is 6.79. The number of hydrogen-bond acceptors (Lipinski definition) is 5. The van der Waals surface area contributed by atoms with Crippen LogP contribution >= 0.6 is 0 Å². The Balaban J connectivity index is 1.53. The van der Waals surface area contributed by atoms with Crippen molar-refractivity contribution in [3.05, 3.63) is 47.3 Å². The van der Waals surface area contributed by atoms with E-state index in [0.29, 0.717) is 48.7 Å². The lowest BCUT2D eigenvalue weighted by Crippen LogP contribution is -2.46. The maximum absolute atomic E-state index is 12.4. The van der Waals surface area contributed by atoms with E-state index in [2.05, 4.69) is 10.5 Å². The van der Waals surface area contributed by atoms with Crippen molar-refractivity contribution in [2.75, 3.05) is 20.2 Å². The third-order valence-electron chi connectivity index (χ3n) is 4.30. The summed E-state index contributed by atoms with van der Waals surface area (Å²) in [6, 6.07) is 8.73. The third-order valence-corrected chi connectivity index (χ3v) is 4.30. The summed E-state index contributed by atoms with van der Waals surface area (Å²) in [4.78, 5) is 26.4. The minimum atomic E-state index is -0.130. The van der Waals surface area contributed by atoms with Crippen LogP contribution in [0, 0.1) is 6.92 Å². The maximum atomic E-state index is 12.4. The van der Waals surface area contributed by atoms with Gasteiger partial charge in [0.05, 0.1) is 7.11 Å². The number of carbonyl (C=O) groups is 2. The molecule has 7 nitrogen and oxygen atoms in total. The number of nitrogens with zero attached hydrogens (tertiary/aromatic N) is 2. The van der Waals surface area contributed by atoms with Crippen molar-refractivity contribution in [1.82, 2.24) is 15.4 Å². The second-order valence-electron chi connectivity index (χ2n) is 6.09. The largest absolute Gasteiger partial charge is 0.497 e. The molecule has 1 N–H and O–H groups in total. The molecule has 2 amide bonds. The molecular formula is C18H21N3O4. The zero-order valence-corrected chi connectivity index (χ0v) is 14.3. The van der Waals surface area contributed by atoms with Gasteiger partial charge in [-0.1, -0.05) is 11.2 Å². The summed E-state index contributed by atoms with van der Waals surface area (Å²) >= 11 is 0. The third kappa shape index (κ3) is 3.99. The van der Waals surface area contributed by atoms with Gasteiger partial charge in [0.2, 0.25) is 0 Å². The van der Waals surface area contributed by atoms with E-state index in [0.717, 1.165) is 0 Å². The average Bonchev–Trinajstić information content (AvgIpc) is 3.08. The fourth-order valence-corrected chi connectivity index (χ4v) is 2.89. The number of aromatic nitrogens is 1. The average molecular weight is 343 g/mol. The van der Waals surface area contributed by atoms with Crippen LogP contribution in [0.3, 0.4) is 0 Å². The molecule has 0 aliphatic carbocycles. The van der Waals surface area contributed by atoms with Crippen LogP contribution in [0.2, 0.25) is 0 Å². The molecule has 1 aliphatic rings. The van der Waals surface area contributed by atoms with Crippen LogP contribution in [0.5, 0.6) is 5.75 Å². The lowest BCUT2D eigenvalue weighted by molar-refractivity contribution is 0.0688. The Kier molecular flexibility index (Phi) is 5.02. The van der Waals surface area contributed by atoms with Gasteiger partial charge in [-0.15, -0.1) is 0 Å². The highest BCUT2D eigenvalue weighted by Crippen LogP contribution is 2.16. The first-order valence-corrected chi connectivity index (χ1v) is 8.24. The topological polar surface area (TPSA) is 84.7 Å². The second-order valence-corrected chi connectivity index (χ2v) is 6.09. The van der Waals surface area contributed by atoms with E-state index < -0.39 is 0 Å². The maximum Gasteiger partial charge on any atom is 0.276 e. The molecule has 132 valence electrons. The molecule has 0 bridgehead atoms. The van der Waals surface area contributed by atoms with Crippen LogP contribution in [0.25, 0.3) is 0 Å². The summed E-state index contributed by atoms with van der Waals surface area (Å²) in [6.07, 6.45) is 1.41. The molecule has 0 atom stereocenters. The van der Waals surface area contributed by atoms with Crippen molar-refractivity contribution in [3.63, 3.8) is 0 Å². The number of likely N-dealkylation sites (tertiary alicyclic amines) is 1. The van der Waals surface area contributed by atoms with Crippen molar-refractivity contribution in [1.29, 1.82) is 0 Å². The quantitative estimate of drug-likeness (QED) is 0.918. The van der Waals surface area contributed by atoms with Crippen molar-refractivity contribution >= 4 is 11.8 Å². The minimum Gasteiger partial charge on any atom is -0.497 e. The predicted molar refractivity (Wildman–Crippen MR) is 90.6 cm³/mol. The molecule has 1 aliphatic heterocycles. The minimum absolute atomic E-state index is 0.0433. The monoisotopic (exact) mass is 343 g/mol. The van der Waals surface area contributed by atoms with E-state index in [1.807, 2.05) is 0 Å². The fourth-order valence-electron chi connectivity index (χ4n) is 2.89. The highest BCUT2D eigenvalue weighted by molar-refractivity contribution is 5.95. The molecule has 25 heavy (non-hydrogen) atoms. The van der Waals surface area contributed by atoms with Gasteiger partial charge in [0.25, 0.3) is 11.8 Å². The lowest BCUT2D eigenvalue weighted by Gasteiger charge is -2.31. The van der Waals surface area contributed by atoms with Gasteiger partial charge < -0.3 is 19.5 Å². The van der Waals surface area contributed by atoms with Crippen LogP contribution in [0.15, 0.2) is 34.9 Å². The summed E-state index contributed by atoms with van der Waals surface area (Å²) in [5.74, 6) is 1.00. The van der Waals surface area contributed by atoms with Crippen LogP contribution < -0.4 is 10.1 Å². The molecule has 1 aromatic heterocycles. The second kappa shape index (κ2) is 7.38. The number of nitrogens with one attached hydrogen (secondary N) is 1. The number of methoxy groups -OCH3 is 1. The zero-order chi connectivity index (χ0) is 17.8. The lowest BCUT2D eigenvalue weighted by atomic mass is 10.0. The first-order chi connectivity index (χ1) is 12.1. The summed E-state index contributed by atoms with van der Waals surface area (Å²) in [7, 11) is 1.57. The van der Waals surface area contributed by atoms with Crippen molar-refractivity contribution < 1.29 is 18.8 Å². The number of rotatable bonds is 4. The number of aryl methyl sites for hydroxylation is 1. The van der Waals surface area contributed by atoms with E-state index in [9.17, 15) is 9.59 Å². The molecule has 0 spiro atoms. The Morgan fingerprint density at radius 3 is 2.68 bits per heavy atom. The number of piperidine rings is 1. The van der Waals surface area contributed by atoms with Crippen LogP contribution in [0.4, 0.5) is 0 Å². The summed E-state index contributed by atoms with van der Waals surface area (Å²) < 4.78 is 10.1. The van der Waals surface area contributed by atoms with Crippen molar-refractivity contribution in [2.24, 2.45) is 0 Å². The van der Waals surface area contributed by atoms with Gasteiger partial charge in [-0.25, -0.2) is 0 Å². The van der Waals surface area contributed by atoms with Gasteiger partial charge >= 0.3 is 0 Å². The Morgan fingerprint density at radius 1 is 1.28 bits per heavy atom. The SMILES string of the molecule is COc1cccc(C(=O)NC2CCN(C(=O)c3cc(C)on3)CC2)c1. The number of carbonyl (C=O) groups excluding carboxylic acids is 2. The molecule has 2 aromatic rings.